The SMILES string of the molecule is CC(=O)Nc1ccc(S(=O)(=O)N2CC[C@H](OCc3ccncc3)C2)c2ccccc12. The summed E-state index contributed by atoms with van der Waals surface area (Å²) in [6.07, 6.45) is 3.91. The van der Waals surface area contributed by atoms with Crippen molar-refractivity contribution in [1.82, 2.24) is 9.29 Å². The highest BCUT2D eigenvalue weighted by Gasteiger charge is 2.34. The van der Waals surface area contributed by atoms with E-state index >= 15 is 0 Å². The van der Waals surface area contributed by atoms with Gasteiger partial charge in [0.05, 0.1) is 17.6 Å². The van der Waals surface area contributed by atoms with E-state index in [1.54, 1.807) is 36.7 Å². The van der Waals surface area contributed by atoms with Crippen LogP contribution < -0.4 is 5.32 Å². The number of amides is 1. The summed E-state index contributed by atoms with van der Waals surface area (Å²) < 4.78 is 34.1. The van der Waals surface area contributed by atoms with E-state index in [-0.39, 0.29) is 16.9 Å². The minimum absolute atomic E-state index is 0.155. The van der Waals surface area contributed by atoms with Gasteiger partial charge in [-0.05, 0) is 36.2 Å². The molecule has 0 radical (unpaired) electrons. The summed E-state index contributed by atoms with van der Waals surface area (Å²) in [5.41, 5.74) is 1.60. The normalized spacial score (nSPS) is 17.3. The van der Waals surface area contributed by atoms with Gasteiger partial charge in [0.1, 0.15) is 0 Å². The van der Waals surface area contributed by atoms with Crippen molar-refractivity contribution in [3.63, 3.8) is 0 Å². The summed E-state index contributed by atoms with van der Waals surface area (Å²) in [7, 11) is -3.70. The average molecular weight is 426 g/mol. The number of ether oxygens (including phenoxy) is 1. The summed E-state index contributed by atoms with van der Waals surface area (Å²) in [6, 6.07) is 14.2. The topological polar surface area (TPSA) is 88.6 Å². The molecule has 0 bridgehead atoms. The fraction of sp³-hybridized carbons (Fsp3) is 0.273. The number of fused-ring (bicyclic) bond motifs is 1. The summed E-state index contributed by atoms with van der Waals surface area (Å²) in [4.78, 5) is 15.7. The Morgan fingerprint density at radius 3 is 2.60 bits per heavy atom. The molecule has 1 aliphatic rings. The van der Waals surface area contributed by atoms with Gasteiger partial charge in [0.2, 0.25) is 15.9 Å². The molecule has 7 nitrogen and oxygen atoms in total. The summed E-state index contributed by atoms with van der Waals surface area (Å²) in [6.45, 7) is 2.57. The van der Waals surface area contributed by atoms with E-state index in [1.165, 1.54) is 11.2 Å². The third-order valence-electron chi connectivity index (χ3n) is 5.16. The Bertz CT molecular complexity index is 1170. The Kier molecular flexibility index (Phi) is 5.80. The number of nitrogens with one attached hydrogen (secondary N) is 1. The molecule has 1 atom stereocenters. The summed E-state index contributed by atoms with van der Waals surface area (Å²) in [5, 5.41) is 4.04. The molecule has 0 spiro atoms. The Labute approximate surface area is 175 Å². The van der Waals surface area contributed by atoms with Crippen molar-refractivity contribution in [2.75, 3.05) is 18.4 Å². The molecule has 8 heteroatoms. The quantitative estimate of drug-likeness (QED) is 0.655. The van der Waals surface area contributed by atoms with Crippen molar-refractivity contribution >= 4 is 32.4 Å². The molecule has 30 heavy (non-hydrogen) atoms. The van der Waals surface area contributed by atoms with E-state index in [1.807, 2.05) is 24.3 Å². The maximum absolute atomic E-state index is 13.4. The minimum Gasteiger partial charge on any atom is -0.372 e. The third kappa shape index (κ3) is 4.21. The average Bonchev–Trinajstić information content (AvgIpc) is 3.23. The molecule has 1 fully saturated rings. The van der Waals surface area contributed by atoms with Gasteiger partial charge in [-0.1, -0.05) is 24.3 Å². The van der Waals surface area contributed by atoms with Gasteiger partial charge in [0, 0.05) is 48.9 Å². The molecule has 1 saturated heterocycles. The number of hydrogen-bond acceptors (Lipinski definition) is 5. The first-order chi connectivity index (χ1) is 14.4. The first-order valence-electron chi connectivity index (χ1n) is 9.75. The van der Waals surface area contributed by atoms with Gasteiger partial charge < -0.3 is 10.1 Å². The lowest BCUT2D eigenvalue weighted by molar-refractivity contribution is -0.114. The molecule has 2 heterocycles. The molecule has 3 aromatic rings. The Hall–Kier alpha value is -2.81. The van der Waals surface area contributed by atoms with E-state index in [0.717, 1.165) is 5.56 Å². The summed E-state index contributed by atoms with van der Waals surface area (Å²) >= 11 is 0. The Morgan fingerprint density at radius 2 is 1.87 bits per heavy atom. The van der Waals surface area contributed by atoms with Crippen LogP contribution in [0.15, 0.2) is 65.8 Å². The second-order valence-electron chi connectivity index (χ2n) is 7.28. The number of carbonyl (C=O) groups is 1. The molecule has 4 rings (SSSR count). The second kappa shape index (κ2) is 8.51. The lowest BCUT2D eigenvalue weighted by Crippen LogP contribution is -2.30. The van der Waals surface area contributed by atoms with Gasteiger partial charge in [-0.15, -0.1) is 0 Å². The standard InChI is InChI=1S/C22H23N3O4S/c1-16(26)24-21-6-7-22(20-5-3-2-4-19(20)21)30(27,28)25-13-10-18(14-25)29-15-17-8-11-23-12-9-17/h2-9,11-12,18H,10,13-15H2,1H3,(H,24,26)/t18-/m0/s1. The monoisotopic (exact) mass is 425 g/mol. The molecule has 0 unspecified atom stereocenters. The zero-order chi connectivity index (χ0) is 21.1. The van der Waals surface area contributed by atoms with E-state index in [9.17, 15) is 13.2 Å². The van der Waals surface area contributed by atoms with Crippen LogP contribution in [0, 0.1) is 0 Å². The highest BCUT2D eigenvalue weighted by Crippen LogP contribution is 2.32. The van der Waals surface area contributed by atoms with Gasteiger partial charge in [-0.2, -0.15) is 4.31 Å². The summed E-state index contributed by atoms with van der Waals surface area (Å²) in [5.74, 6) is -0.204. The highest BCUT2D eigenvalue weighted by atomic mass is 32.2. The van der Waals surface area contributed by atoms with Crippen LogP contribution in [0.25, 0.3) is 10.8 Å². The van der Waals surface area contributed by atoms with Gasteiger partial charge in [0.25, 0.3) is 0 Å². The van der Waals surface area contributed by atoms with E-state index < -0.39 is 10.0 Å². The maximum atomic E-state index is 13.4. The van der Waals surface area contributed by atoms with Gasteiger partial charge >= 0.3 is 0 Å². The molecule has 0 saturated carbocycles. The molecule has 156 valence electrons. The lowest BCUT2D eigenvalue weighted by atomic mass is 10.1. The first kappa shape index (κ1) is 20.5. The number of hydrogen-bond donors (Lipinski definition) is 1. The van der Waals surface area contributed by atoms with Crippen LogP contribution in [0.5, 0.6) is 0 Å². The number of nitrogens with zero attached hydrogens (tertiary/aromatic N) is 2. The predicted molar refractivity (Wildman–Crippen MR) is 114 cm³/mol. The van der Waals surface area contributed by atoms with Crippen LogP contribution in [-0.2, 0) is 26.2 Å². The van der Waals surface area contributed by atoms with Crippen LogP contribution in [0.3, 0.4) is 0 Å². The number of aromatic nitrogens is 1. The van der Waals surface area contributed by atoms with E-state index in [4.69, 9.17) is 4.74 Å². The molecule has 1 N–H and O–H groups in total. The van der Waals surface area contributed by atoms with Crippen LogP contribution in [-0.4, -0.2) is 42.8 Å². The number of anilines is 1. The third-order valence-corrected chi connectivity index (χ3v) is 7.08. The number of sulfonamides is 1. The number of carbonyl (C=O) groups excluding carboxylic acids is 1. The van der Waals surface area contributed by atoms with Crippen molar-refractivity contribution < 1.29 is 17.9 Å². The van der Waals surface area contributed by atoms with Crippen molar-refractivity contribution in [1.29, 1.82) is 0 Å². The highest BCUT2D eigenvalue weighted by molar-refractivity contribution is 7.89. The van der Waals surface area contributed by atoms with Gasteiger partial charge in [0.15, 0.2) is 0 Å². The minimum atomic E-state index is -3.70. The van der Waals surface area contributed by atoms with Crippen molar-refractivity contribution in [3.8, 4) is 0 Å². The van der Waals surface area contributed by atoms with Crippen LogP contribution in [0.1, 0.15) is 18.9 Å². The largest absolute Gasteiger partial charge is 0.372 e. The molecular weight excluding hydrogens is 402 g/mol. The Balaban J connectivity index is 1.55. The first-order valence-corrected chi connectivity index (χ1v) is 11.2. The number of rotatable bonds is 6. The fourth-order valence-corrected chi connectivity index (χ4v) is 5.36. The van der Waals surface area contributed by atoms with Crippen molar-refractivity contribution in [2.24, 2.45) is 0 Å². The number of benzene rings is 2. The van der Waals surface area contributed by atoms with E-state index in [0.29, 0.717) is 42.6 Å². The van der Waals surface area contributed by atoms with Crippen LogP contribution in [0.4, 0.5) is 5.69 Å². The fourth-order valence-electron chi connectivity index (χ4n) is 3.68. The number of pyridine rings is 1. The van der Waals surface area contributed by atoms with E-state index in [2.05, 4.69) is 10.3 Å². The molecule has 1 aromatic heterocycles. The van der Waals surface area contributed by atoms with Gasteiger partial charge in [-0.3, -0.25) is 9.78 Å². The smallest absolute Gasteiger partial charge is 0.243 e. The molecular formula is C22H23N3O4S. The zero-order valence-corrected chi connectivity index (χ0v) is 17.4. The van der Waals surface area contributed by atoms with Crippen LogP contribution >= 0.6 is 0 Å². The lowest BCUT2D eigenvalue weighted by Gasteiger charge is -2.19. The zero-order valence-electron chi connectivity index (χ0n) is 16.6. The molecule has 0 aliphatic carbocycles. The molecule has 1 aliphatic heterocycles. The maximum Gasteiger partial charge on any atom is 0.243 e. The van der Waals surface area contributed by atoms with Gasteiger partial charge in [-0.25, -0.2) is 8.42 Å². The van der Waals surface area contributed by atoms with Crippen molar-refractivity contribution in [3.05, 3.63) is 66.5 Å². The molecule has 1 amide bonds. The van der Waals surface area contributed by atoms with Crippen LogP contribution in [0.2, 0.25) is 0 Å². The predicted octanol–water partition coefficient (Wildman–Crippen LogP) is 3.17. The Morgan fingerprint density at radius 1 is 1.13 bits per heavy atom. The second-order valence-corrected chi connectivity index (χ2v) is 9.18. The molecule has 2 aromatic carbocycles. The van der Waals surface area contributed by atoms with Crippen molar-refractivity contribution in [2.45, 2.75) is 31.0 Å².